The fourth-order valence-corrected chi connectivity index (χ4v) is 3.65. The topological polar surface area (TPSA) is 110 Å². The molecule has 0 saturated carbocycles. The normalized spacial score (nSPS) is 20.2. The van der Waals surface area contributed by atoms with E-state index in [1.54, 1.807) is 29.2 Å². The van der Waals surface area contributed by atoms with Crippen LogP contribution >= 0.6 is 11.6 Å². The van der Waals surface area contributed by atoms with Gasteiger partial charge in [-0.2, -0.15) is 0 Å². The van der Waals surface area contributed by atoms with Gasteiger partial charge in [-0.3, -0.25) is 9.59 Å². The Kier molecular flexibility index (Phi) is 5.18. The largest absolute Gasteiger partial charge is 0.481 e. The zero-order chi connectivity index (χ0) is 18.8. The number of carbonyl (C=O) groups is 2. The fourth-order valence-electron chi connectivity index (χ4n) is 3.42. The Labute approximate surface area is 155 Å². The number of benzene rings is 1. The lowest BCUT2D eigenvalue weighted by Gasteiger charge is -2.37. The molecular formula is C18H20ClN3O4. The van der Waals surface area contributed by atoms with Crippen LogP contribution in [0.1, 0.15) is 36.5 Å². The van der Waals surface area contributed by atoms with E-state index in [4.69, 9.17) is 21.9 Å². The monoisotopic (exact) mass is 377 g/mol. The Bertz CT molecular complexity index is 836. The van der Waals surface area contributed by atoms with Crippen LogP contribution in [0.15, 0.2) is 28.8 Å². The van der Waals surface area contributed by atoms with E-state index in [-0.39, 0.29) is 23.4 Å². The van der Waals surface area contributed by atoms with E-state index in [1.807, 2.05) is 6.92 Å². The van der Waals surface area contributed by atoms with Crippen LogP contribution in [0.3, 0.4) is 0 Å². The van der Waals surface area contributed by atoms with E-state index in [9.17, 15) is 14.7 Å². The molecule has 0 aliphatic carbocycles. The summed E-state index contributed by atoms with van der Waals surface area (Å²) < 4.78 is 5.07. The number of carboxylic acids is 1. The number of carboxylic acid groups (broad SMARTS) is 1. The van der Waals surface area contributed by atoms with E-state index in [0.29, 0.717) is 42.1 Å². The molecule has 0 spiro atoms. The number of amides is 1. The first-order valence-electron chi connectivity index (χ1n) is 8.47. The van der Waals surface area contributed by atoms with E-state index < -0.39 is 11.9 Å². The standard InChI is InChI=1S/C18H20ClN3O4/c1-2-11-9-10(18(24)25)7-8-22(11)17(23)14-15(21-26-16(14)20)12-5-3-4-6-13(12)19/h3-6,10-11H,2,7-9,20H2,1H3,(H,24,25). The molecule has 1 amide bonds. The van der Waals surface area contributed by atoms with Gasteiger partial charge in [0.25, 0.3) is 5.91 Å². The lowest BCUT2D eigenvalue weighted by Crippen LogP contribution is -2.47. The molecule has 1 aliphatic rings. The van der Waals surface area contributed by atoms with Gasteiger partial charge in [0.15, 0.2) is 0 Å². The van der Waals surface area contributed by atoms with Crippen molar-refractivity contribution in [2.75, 3.05) is 12.3 Å². The van der Waals surface area contributed by atoms with Gasteiger partial charge < -0.3 is 20.3 Å². The zero-order valence-corrected chi connectivity index (χ0v) is 15.1. The maximum Gasteiger partial charge on any atom is 0.306 e. The van der Waals surface area contributed by atoms with Gasteiger partial charge in [0.05, 0.1) is 10.9 Å². The smallest absolute Gasteiger partial charge is 0.306 e. The highest BCUT2D eigenvalue weighted by Crippen LogP contribution is 2.35. The van der Waals surface area contributed by atoms with Gasteiger partial charge in [0.1, 0.15) is 11.3 Å². The molecule has 1 saturated heterocycles. The van der Waals surface area contributed by atoms with E-state index in [2.05, 4.69) is 5.16 Å². The van der Waals surface area contributed by atoms with Crippen molar-refractivity contribution in [1.29, 1.82) is 0 Å². The lowest BCUT2D eigenvalue weighted by molar-refractivity contribution is -0.143. The maximum absolute atomic E-state index is 13.2. The Balaban J connectivity index is 1.95. The highest BCUT2D eigenvalue weighted by atomic mass is 35.5. The number of aliphatic carboxylic acids is 1. The molecule has 138 valence electrons. The van der Waals surface area contributed by atoms with Crippen molar-refractivity contribution in [2.24, 2.45) is 5.92 Å². The van der Waals surface area contributed by atoms with Crippen molar-refractivity contribution < 1.29 is 19.2 Å². The number of piperidine rings is 1. The Morgan fingerprint density at radius 1 is 1.42 bits per heavy atom. The Hall–Kier alpha value is -2.54. The van der Waals surface area contributed by atoms with Crippen LogP contribution in [0, 0.1) is 5.92 Å². The average molecular weight is 378 g/mol. The van der Waals surface area contributed by atoms with E-state index in [1.165, 1.54) is 0 Å². The van der Waals surface area contributed by atoms with E-state index in [0.717, 1.165) is 0 Å². The Morgan fingerprint density at radius 2 is 2.15 bits per heavy atom. The van der Waals surface area contributed by atoms with Gasteiger partial charge in [-0.05, 0) is 25.3 Å². The molecule has 0 radical (unpaired) electrons. The summed E-state index contributed by atoms with van der Waals surface area (Å²) in [6.45, 7) is 2.28. The summed E-state index contributed by atoms with van der Waals surface area (Å²) in [4.78, 5) is 26.1. The average Bonchev–Trinajstić information content (AvgIpc) is 3.02. The molecule has 1 aromatic heterocycles. The molecule has 26 heavy (non-hydrogen) atoms. The molecule has 2 heterocycles. The minimum Gasteiger partial charge on any atom is -0.481 e. The van der Waals surface area contributed by atoms with Gasteiger partial charge >= 0.3 is 5.97 Å². The van der Waals surface area contributed by atoms with Crippen LogP contribution in [0.4, 0.5) is 5.88 Å². The Morgan fingerprint density at radius 3 is 2.81 bits per heavy atom. The fraction of sp³-hybridized carbons (Fsp3) is 0.389. The summed E-state index contributed by atoms with van der Waals surface area (Å²) in [6.07, 6.45) is 1.48. The van der Waals surface area contributed by atoms with Gasteiger partial charge in [0.2, 0.25) is 5.88 Å². The van der Waals surface area contributed by atoms with Crippen LogP contribution in [-0.2, 0) is 4.79 Å². The molecule has 3 rings (SSSR count). The molecule has 8 heteroatoms. The zero-order valence-electron chi connectivity index (χ0n) is 14.3. The maximum atomic E-state index is 13.2. The van der Waals surface area contributed by atoms with Crippen LogP contribution in [0.2, 0.25) is 5.02 Å². The SMILES string of the molecule is CCC1CC(C(=O)O)CCN1C(=O)c1c(-c2ccccc2Cl)noc1N. The quantitative estimate of drug-likeness (QED) is 0.845. The highest BCUT2D eigenvalue weighted by molar-refractivity contribution is 6.33. The molecule has 2 atom stereocenters. The van der Waals surface area contributed by atoms with Crippen molar-refractivity contribution in [3.05, 3.63) is 34.9 Å². The summed E-state index contributed by atoms with van der Waals surface area (Å²) in [5.74, 6) is -1.64. The number of anilines is 1. The minimum absolute atomic E-state index is 0.0693. The van der Waals surface area contributed by atoms with Crippen molar-refractivity contribution >= 4 is 29.4 Å². The number of rotatable bonds is 4. The number of hydrogen-bond donors (Lipinski definition) is 2. The summed E-state index contributed by atoms with van der Waals surface area (Å²) in [7, 11) is 0. The number of nitrogens with zero attached hydrogens (tertiary/aromatic N) is 2. The summed E-state index contributed by atoms with van der Waals surface area (Å²) in [5, 5.41) is 13.6. The van der Waals surface area contributed by atoms with Gasteiger partial charge in [-0.1, -0.05) is 41.9 Å². The van der Waals surface area contributed by atoms with Crippen LogP contribution in [0.25, 0.3) is 11.3 Å². The van der Waals surface area contributed by atoms with Crippen LogP contribution in [-0.4, -0.2) is 39.6 Å². The molecule has 1 fully saturated rings. The second kappa shape index (κ2) is 7.37. The number of nitrogen functional groups attached to an aromatic ring is 1. The molecule has 1 aliphatic heterocycles. The first-order valence-corrected chi connectivity index (χ1v) is 8.85. The minimum atomic E-state index is -0.822. The second-order valence-electron chi connectivity index (χ2n) is 6.37. The molecule has 0 bridgehead atoms. The third kappa shape index (κ3) is 3.26. The first kappa shape index (κ1) is 18.3. The second-order valence-corrected chi connectivity index (χ2v) is 6.78. The van der Waals surface area contributed by atoms with E-state index >= 15 is 0 Å². The number of carbonyl (C=O) groups excluding carboxylic acids is 1. The number of likely N-dealkylation sites (tertiary alicyclic amines) is 1. The van der Waals surface area contributed by atoms with Gasteiger partial charge in [-0.15, -0.1) is 0 Å². The third-order valence-electron chi connectivity index (χ3n) is 4.86. The number of nitrogens with two attached hydrogens (primary N) is 1. The number of aromatic nitrogens is 1. The summed E-state index contributed by atoms with van der Waals surface area (Å²) in [5.41, 5.74) is 6.92. The number of hydrogen-bond acceptors (Lipinski definition) is 5. The molecule has 7 nitrogen and oxygen atoms in total. The molecule has 2 unspecified atom stereocenters. The van der Waals surface area contributed by atoms with Crippen molar-refractivity contribution in [3.8, 4) is 11.3 Å². The van der Waals surface area contributed by atoms with Crippen molar-refractivity contribution in [3.63, 3.8) is 0 Å². The lowest BCUT2D eigenvalue weighted by atomic mass is 9.89. The summed E-state index contributed by atoms with van der Waals surface area (Å²) in [6, 6.07) is 6.83. The van der Waals surface area contributed by atoms with Gasteiger partial charge in [0, 0.05) is 18.2 Å². The van der Waals surface area contributed by atoms with Crippen LogP contribution < -0.4 is 5.73 Å². The highest BCUT2D eigenvalue weighted by Gasteiger charge is 2.37. The summed E-state index contributed by atoms with van der Waals surface area (Å²) >= 11 is 6.23. The third-order valence-corrected chi connectivity index (χ3v) is 5.19. The molecule has 1 aromatic carbocycles. The predicted molar refractivity (Wildman–Crippen MR) is 96.8 cm³/mol. The molecule has 3 N–H and O–H groups in total. The van der Waals surface area contributed by atoms with Crippen molar-refractivity contribution in [1.82, 2.24) is 10.1 Å². The first-order chi connectivity index (χ1) is 12.4. The molecular weight excluding hydrogens is 358 g/mol. The van der Waals surface area contributed by atoms with Crippen LogP contribution in [0.5, 0.6) is 0 Å². The van der Waals surface area contributed by atoms with Gasteiger partial charge in [-0.25, -0.2) is 0 Å². The molecule has 2 aromatic rings. The predicted octanol–water partition coefficient (Wildman–Crippen LogP) is 3.29. The van der Waals surface area contributed by atoms with Crippen molar-refractivity contribution in [2.45, 2.75) is 32.2 Å². The number of halogens is 1.